The molecule has 2 aromatic heterocycles. The molecule has 0 aliphatic rings. The van der Waals surface area contributed by atoms with Crippen LogP contribution in [0.3, 0.4) is 0 Å². The summed E-state index contributed by atoms with van der Waals surface area (Å²) < 4.78 is 27.6. The van der Waals surface area contributed by atoms with Gasteiger partial charge in [-0.3, -0.25) is 9.78 Å². The van der Waals surface area contributed by atoms with Gasteiger partial charge in [-0.1, -0.05) is 0 Å². The van der Waals surface area contributed by atoms with Gasteiger partial charge in [0, 0.05) is 26.2 Å². The number of aromatic nitrogens is 5. The Morgan fingerprint density at radius 2 is 2.33 bits per heavy atom. The summed E-state index contributed by atoms with van der Waals surface area (Å²) in [5, 5.41) is 10.3. The highest BCUT2D eigenvalue weighted by Gasteiger charge is 2.14. The fraction of sp³-hybridized carbons (Fsp3) is 0.444. The number of rotatable bonds is 6. The summed E-state index contributed by atoms with van der Waals surface area (Å²) in [6.45, 7) is 0.345. The normalized spacial score (nSPS) is 11.8. The molecular weight excluding hydrogens is 256 g/mol. The third-order valence-corrected chi connectivity index (χ3v) is 3.75. The predicted molar refractivity (Wildman–Crippen MR) is 63.1 cm³/mol. The molecule has 9 heteroatoms. The Hall–Kier alpha value is -1.74. The van der Waals surface area contributed by atoms with Crippen molar-refractivity contribution in [2.75, 3.05) is 6.54 Å². The number of aromatic amines is 1. The Labute approximate surface area is 104 Å². The largest absolute Gasteiger partial charge is 0.274 e. The number of sulfonamides is 1. The van der Waals surface area contributed by atoms with E-state index in [2.05, 4.69) is 25.0 Å². The highest BCUT2D eigenvalue weighted by Crippen LogP contribution is 2.05. The third kappa shape index (κ3) is 3.14. The van der Waals surface area contributed by atoms with Crippen LogP contribution in [0.5, 0.6) is 0 Å². The fourth-order valence-electron chi connectivity index (χ4n) is 1.43. The Morgan fingerprint density at radius 1 is 1.50 bits per heavy atom. The van der Waals surface area contributed by atoms with E-state index < -0.39 is 10.0 Å². The maximum Gasteiger partial charge on any atom is 0.243 e. The second-order valence-corrected chi connectivity index (χ2v) is 5.55. The molecule has 18 heavy (non-hydrogen) atoms. The Morgan fingerprint density at radius 3 is 2.94 bits per heavy atom. The first-order valence-electron chi connectivity index (χ1n) is 5.40. The average Bonchev–Trinajstić information content (AvgIpc) is 2.95. The lowest BCUT2D eigenvalue weighted by Crippen LogP contribution is -2.24. The standard InChI is InChI=1S/C9H14N6O2S/c1-15-6-8(5-12-15)18(16,17)13-4-2-3-9-10-7-11-14-9/h5-7,13H,2-4H2,1H3,(H,10,11,14). The van der Waals surface area contributed by atoms with Crippen LogP contribution in [0, 0.1) is 0 Å². The number of nitrogens with one attached hydrogen (secondary N) is 2. The summed E-state index contributed by atoms with van der Waals surface area (Å²) in [7, 11) is -1.79. The summed E-state index contributed by atoms with van der Waals surface area (Å²) in [6, 6.07) is 0. The van der Waals surface area contributed by atoms with Crippen LogP contribution in [0.25, 0.3) is 0 Å². The molecule has 0 aliphatic heterocycles. The van der Waals surface area contributed by atoms with Crippen molar-refractivity contribution in [2.24, 2.45) is 7.05 Å². The predicted octanol–water partition coefficient (Wildman–Crippen LogP) is -0.551. The van der Waals surface area contributed by atoms with Gasteiger partial charge in [-0.05, 0) is 6.42 Å². The lowest BCUT2D eigenvalue weighted by molar-refractivity contribution is 0.578. The average molecular weight is 270 g/mol. The minimum absolute atomic E-state index is 0.171. The number of aryl methyl sites for hydroxylation is 2. The summed E-state index contributed by atoms with van der Waals surface area (Å²) in [6.07, 6.45) is 5.50. The van der Waals surface area contributed by atoms with Crippen molar-refractivity contribution in [3.63, 3.8) is 0 Å². The van der Waals surface area contributed by atoms with E-state index in [1.165, 1.54) is 23.4 Å². The third-order valence-electron chi connectivity index (χ3n) is 2.34. The van der Waals surface area contributed by atoms with E-state index in [1.807, 2.05) is 0 Å². The van der Waals surface area contributed by atoms with Crippen molar-refractivity contribution in [3.05, 3.63) is 24.5 Å². The zero-order chi connectivity index (χ0) is 13.0. The molecule has 0 spiro atoms. The van der Waals surface area contributed by atoms with Gasteiger partial charge in [0.25, 0.3) is 0 Å². The van der Waals surface area contributed by atoms with Crippen molar-refractivity contribution < 1.29 is 8.42 Å². The molecule has 2 rings (SSSR count). The van der Waals surface area contributed by atoms with Gasteiger partial charge in [0.1, 0.15) is 17.0 Å². The van der Waals surface area contributed by atoms with Crippen LogP contribution < -0.4 is 4.72 Å². The van der Waals surface area contributed by atoms with Crippen molar-refractivity contribution >= 4 is 10.0 Å². The fourth-order valence-corrected chi connectivity index (χ4v) is 2.49. The van der Waals surface area contributed by atoms with E-state index >= 15 is 0 Å². The van der Waals surface area contributed by atoms with Crippen LogP contribution in [0.4, 0.5) is 0 Å². The second kappa shape index (κ2) is 5.27. The highest BCUT2D eigenvalue weighted by atomic mass is 32.2. The van der Waals surface area contributed by atoms with Crippen LogP contribution in [0.1, 0.15) is 12.2 Å². The summed E-state index contributed by atoms with van der Waals surface area (Å²) >= 11 is 0. The van der Waals surface area contributed by atoms with Gasteiger partial charge in [0.2, 0.25) is 10.0 Å². The van der Waals surface area contributed by atoms with E-state index in [0.717, 1.165) is 5.82 Å². The quantitative estimate of drug-likeness (QED) is 0.685. The second-order valence-electron chi connectivity index (χ2n) is 3.78. The molecule has 0 radical (unpaired) electrons. The number of H-pyrrole nitrogens is 1. The van der Waals surface area contributed by atoms with E-state index in [9.17, 15) is 8.42 Å². The number of hydrogen-bond acceptors (Lipinski definition) is 5. The van der Waals surface area contributed by atoms with Crippen molar-refractivity contribution in [1.29, 1.82) is 0 Å². The molecule has 98 valence electrons. The molecule has 8 nitrogen and oxygen atoms in total. The first kappa shape index (κ1) is 12.7. The Bertz CT molecular complexity index is 588. The van der Waals surface area contributed by atoms with Gasteiger partial charge in [-0.2, -0.15) is 10.2 Å². The molecule has 0 atom stereocenters. The van der Waals surface area contributed by atoms with Gasteiger partial charge >= 0.3 is 0 Å². The zero-order valence-corrected chi connectivity index (χ0v) is 10.7. The number of nitrogens with zero attached hydrogens (tertiary/aromatic N) is 4. The van der Waals surface area contributed by atoms with Crippen molar-refractivity contribution in [3.8, 4) is 0 Å². The first-order chi connectivity index (χ1) is 8.58. The van der Waals surface area contributed by atoms with Gasteiger partial charge in [-0.25, -0.2) is 18.1 Å². The molecule has 0 aromatic carbocycles. The van der Waals surface area contributed by atoms with Crippen molar-refractivity contribution in [2.45, 2.75) is 17.7 Å². The summed E-state index contributed by atoms with van der Waals surface area (Å²) in [5.74, 6) is 0.746. The lowest BCUT2D eigenvalue weighted by Gasteiger charge is -2.03. The smallest absolute Gasteiger partial charge is 0.243 e. The topological polar surface area (TPSA) is 106 Å². The molecular formula is C9H14N6O2S. The van der Waals surface area contributed by atoms with Crippen LogP contribution in [0.2, 0.25) is 0 Å². The summed E-state index contributed by atoms with van der Waals surface area (Å²) in [4.78, 5) is 4.13. The highest BCUT2D eigenvalue weighted by molar-refractivity contribution is 7.89. The van der Waals surface area contributed by atoms with E-state index in [-0.39, 0.29) is 4.90 Å². The number of hydrogen-bond donors (Lipinski definition) is 2. The van der Waals surface area contributed by atoms with E-state index in [1.54, 1.807) is 7.05 Å². The molecule has 0 saturated heterocycles. The van der Waals surface area contributed by atoms with Gasteiger partial charge in [0.05, 0.1) is 6.20 Å². The minimum Gasteiger partial charge on any atom is -0.274 e. The minimum atomic E-state index is -3.46. The molecule has 0 bridgehead atoms. The van der Waals surface area contributed by atoms with Gasteiger partial charge < -0.3 is 0 Å². The van der Waals surface area contributed by atoms with Crippen LogP contribution in [-0.4, -0.2) is 39.9 Å². The maximum absolute atomic E-state index is 11.8. The van der Waals surface area contributed by atoms with Crippen LogP contribution in [0.15, 0.2) is 23.6 Å². The lowest BCUT2D eigenvalue weighted by atomic mass is 10.3. The Balaban J connectivity index is 1.82. The molecule has 0 saturated carbocycles. The van der Waals surface area contributed by atoms with E-state index in [4.69, 9.17) is 0 Å². The van der Waals surface area contributed by atoms with Crippen LogP contribution in [-0.2, 0) is 23.5 Å². The van der Waals surface area contributed by atoms with Crippen LogP contribution >= 0.6 is 0 Å². The zero-order valence-electron chi connectivity index (χ0n) is 9.87. The first-order valence-corrected chi connectivity index (χ1v) is 6.89. The maximum atomic E-state index is 11.8. The molecule has 0 fully saturated rings. The molecule has 2 heterocycles. The molecule has 2 aromatic rings. The summed E-state index contributed by atoms with van der Waals surface area (Å²) in [5.41, 5.74) is 0. The Kier molecular flexibility index (Phi) is 3.72. The van der Waals surface area contributed by atoms with E-state index in [0.29, 0.717) is 19.4 Å². The molecule has 0 unspecified atom stereocenters. The molecule has 0 amide bonds. The molecule has 2 N–H and O–H groups in total. The van der Waals surface area contributed by atoms with Gasteiger partial charge in [-0.15, -0.1) is 0 Å². The monoisotopic (exact) mass is 270 g/mol. The van der Waals surface area contributed by atoms with Gasteiger partial charge in [0.15, 0.2) is 0 Å². The SMILES string of the molecule is Cn1cc(S(=O)(=O)NCCCc2ncn[nH]2)cn1. The van der Waals surface area contributed by atoms with Crippen molar-refractivity contribution in [1.82, 2.24) is 29.7 Å². The molecule has 0 aliphatic carbocycles.